The SMILES string of the molecule is CC(C)CC(C)N1Cc2cc(CNC(N)=O)ccc2C1=O. The summed E-state index contributed by atoms with van der Waals surface area (Å²) in [5, 5.41) is 2.56. The Kier molecular flexibility index (Phi) is 4.50. The second-order valence-corrected chi connectivity index (χ2v) is 6.12. The Morgan fingerprint density at radius 2 is 2.10 bits per heavy atom. The Hall–Kier alpha value is -2.04. The summed E-state index contributed by atoms with van der Waals surface area (Å²) < 4.78 is 0. The number of nitrogens with one attached hydrogen (secondary N) is 1. The number of nitrogens with two attached hydrogens (primary N) is 1. The maximum absolute atomic E-state index is 12.4. The van der Waals surface area contributed by atoms with Crippen LogP contribution < -0.4 is 11.1 Å². The van der Waals surface area contributed by atoms with Gasteiger partial charge in [-0.3, -0.25) is 4.79 Å². The zero-order chi connectivity index (χ0) is 15.6. The van der Waals surface area contributed by atoms with Gasteiger partial charge in [-0.05, 0) is 36.5 Å². The highest BCUT2D eigenvalue weighted by molar-refractivity contribution is 5.98. The van der Waals surface area contributed by atoms with Crippen LogP contribution in [-0.4, -0.2) is 22.9 Å². The summed E-state index contributed by atoms with van der Waals surface area (Å²) in [6.07, 6.45) is 0.996. The molecule has 0 aromatic heterocycles. The van der Waals surface area contributed by atoms with Crippen LogP contribution in [0.2, 0.25) is 0 Å². The number of primary amides is 1. The van der Waals surface area contributed by atoms with Crippen LogP contribution >= 0.6 is 0 Å². The Labute approximate surface area is 125 Å². The molecule has 0 saturated heterocycles. The molecular weight excluding hydrogens is 266 g/mol. The third-order valence-corrected chi connectivity index (χ3v) is 3.81. The molecule has 0 aliphatic carbocycles. The first-order valence-corrected chi connectivity index (χ1v) is 7.34. The molecule has 1 heterocycles. The summed E-state index contributed by atoms with van der Waals surface area (Å²) in [6.45, 7) is 7.46. The molecule has 0 spiro atoms. The third-order valence-electron chi connectivity index (χ3n) is 3.81. The fourth-order valence-electron chi connectivity index (χ4n) is 2.86. The van der Waals surface area contributed by atoms with Gasteiger partial charge in [-0.1, -0.05) is 26.0 Å². The fourth-order valence-corrected chi connectivity index (χ4v) is 2.86. The summed E-state index contributed by atoms with van der Waals surface area (Å²) in [5.74, 6) is 0.666. The quantitative estimate of drug-likeness (QED) is 0.872. The van der Waals surface area contributed by atoms with E-state index in [1.54, 1.807) is 0 Å². The molecule has 0 radical (unpaired) electrons. The molecule has 1 atom stereocenters. The lowest BCUT2D eigenvalue weighted by Gasteiger charge is -2.25. The molecule has 3 amide bonds. The lowest BCUT2D eigenvalue weighted by molar-refractivity contribution is 0.0698. The fraction of sp³-hybridized carbons (Fsp3) is 0.500. The second kappa shape index (κ2) is 6.16. The van der Waals surface area contributed by atoms with Crippen LogP contribution in [-0.2, 0) is 13.1 Å². The highest BCUT2D eigenvalue weighted by Gasteiger charge is 2.30. The van der Waals surface area contributed by atoms with Gasteiger partial charge >= 0.3 is 6.03 Å². The van der Waals surface area contributed by atoms with E-state index in [4.69, 9.17) is 5.73 Å². The summed E-state index contributed by atoms with van der Waals surface area (Å²) in [4.78, 5) is 25.1. The average molecular weight is 289 g/mol. The normalized spacial score (nSPS) is 15.2. The van der Waals surface area contributed by atoms with Gasteiger partial charge in [-0.2, -0.15) is 0 Å². The van der Waals surface area contributed by atoms with Gasteiger partial charge in [0, 0.05) is 24.7 Å². The number of hydrogen-bond donors (Lipinski definition) is 2. The topological polar surface area (TPSA) is 75.4 Å². The molecule has 2 rings (SSSR count). The van der Waals surface area contributed by atoms with Gasteiger partial charge in [0.1, 0.15) is 0 Å². The van der Waals surface area contributed by atoms with Crippen molar-refractivity contribution in [3.05, 3.63) is 34.9 Å². The predicted octanol–water partition coefficient (Wildman–Crippen LogP) is 2.25. The number of hydrogen-bond acceptors (Lipinski definition) is 2. The van der Waals surface area contributed by atoms with Gasteiger partial charge < -0.3 is 16.0 Å². The van der Waals surface area contributed by atoms with E-state index in [0.29, 0.717) is 19.0 Å². The minimum absolute atomic E-state index is 0.104. The van der Waals surface area contributed by atoms with Crippen molar-refractivity contribution >= 4 is 11.9 Å². The number of fused-ring (bicyclic) bond motifs is 1. The Bertz CT molecular complexity index is 554. The van der Waals surface area contributed by atoms with Crippen LogP contribution in [0.5, 0.6) is 0 Å². The molecule has 5 nitrogen and oxygen atoms in total. The molecule has 0 bridgehead atoms. The van der Waals surface area contributed by atoms with E-state index in [1.807, 2.05) is 23.1 Å². The number of benzene rings is 1. The van der Waals surface area contributed by atoms with E-state index in [2.05, 4.69) is 26.1 Å². The van der Waals surface area contributed by atoms with Crippen molar-refractivity contribution in [2.24, 2.45) is 11.7 Å². The number of amides is 3. The van der Waals surface area contributed by atoms with Crippen LogP contribution in [0.25, 0.3) is 0 Å². The van der Waals surface area contributed by atoms with Gasteiger partial charge in [-0.15, -0.1) is 0 Å². The first-order valence-electron chi connectivity index (χ1n) is 7.34. The van der Waals surface area contributed by atoms with Crippen molar-refractivity contribution in [2.45, 2.75) is 46.3 Å². The molecule has 0 fully saturated rings. The summed E-state index contributed by atoms with van der Waals surface area (Å²) in [7, 11) is 0. The molecule has 0 saturated carbocycles. The lowest BCUT2D eigenvalue weighted by atomic mass is 10.0. The van der Waals surface area contributed by atoms with Crippen LogP contribution in [0.1, 0.15) is 48.7 Å². The summed E-state index contributed by atoms with van der Waals surface area (Å²) in [5.41, 5.74) is 7.83. The monoisotopic (exact) mass is 289 g/mol. The van der Waals surface area contributed by atoms with Crippen molar-refractivity contribution in [2.75, 3.05) is 0 Å². The van der Waals surface area contributed by atoms with Gasteiger partial charge in [0.15, 0.2) is 0 Å². The molecule has 114 valence electrons. The molecule has 21 heavy (non-hydrogen) atoms. The highest BCUT2D eigenvalue weighted by Crippen LogP contribution is 2.27. The van der Waals surface area contributed by atoms with Crippen LogP contribution in [0.4, 0.5) is 4.79 Å². The van der Waals surface area contributed by atoms with E-state index < -0.39 is 6.03 Å². The maximum atomic E-state index is 12.4. The van der Waals surface area contributed by atoms with E-state index in [9.17, 15) is 9.59 Å². The maximum Gasteiger partial charge on any atom is 0.312 e. The lowest BCUT2D eigenvalue weighted by Crippen LogP contribution is -2.34. The highest BCUT2D eigenvalue weighted by atomic mass is 16.2. The van der Waals surface area contributed by atoms with Gasteiger partial charge in [-0.25, -0.2) is 4.79 Å². The number of rotatable bonds is 5. The van der Waals surface area contributed by atoms with Gasteiger partial charge in [0.05, 0.1) is 0 Å². The zero-order valence-corrected chi connectivity index (χ0v) is 12.8. The van der Waals surface area contributed by atoms with E-state index in [-0.39, 0.29) is 11.9 Å². The average Bonchev–Trinajstić information content (AvgIpc) is 2.73. The number of carbonyl (C=O) groups is 2. The predicted molar refractivity (Wildman–Crippen MR) is 81.7 cm³/mol. The molecular formula is C16H23N3O2. The Balaban J connectivity index is 2.11. The van der Waals surface area contributed by atoms with E-state index in [1.165, 1.54) is 0 Å². The minimum Gasteiger partial charge on any atom is -0.352 e. The van der Waals surface area contributed by atoms with Crippen molar-refractivity contribution < 1.29 is 9.59 Å². The molecule has 3 N–H and O–H groups in total. The largest absolute Gasteiger partial charge is 0.352 e. The van der Waals surface area contributed by atoms with Gasteiger partial charge in [0.25, 0.3) is 5.91 Å². The molecule has 5 heteroatoms. The third kappa shape index (κ3) is 3.54. The molecule has 1 aromatic carbocycles. The van der Waals surface area contributed by atoms with Crippen LogP contribution in [0, 0.1) is 5.92 Å². The second-order valence-electron chi connectivity index (χ2n) is 6.12. The van der Waals surface area contributed by atoms with Crippen molar-refractivity contribution in [1.29, 1.82) is 0 Å². The molecule has 1 aliphatic rings. The summed E-state index contributed by atoms with van der Waals surface area (Å²) >= 11 is 0. The van der Waals surface area contributed by atoms with E-state index >= 15 is 0 Å². The first-order chi connectivity index (χ1) is 9.88. The Morgan fingerprint density at radius 1 is 1.38 bits per heavy atom. The van der Waals surface area contributed by atoms with E-state index in [0.717, 1.165) is 23.1 Å². The zero-order valence-electron chi connectivity index (χ0n) is 12.8. The standard InChI is InChI=1S/C16H23N3O2/c1-10(2)6-11(3)19-9-13-7-12(8-18-16(17)21)4-5-14(13)15(19)20/h4-5,7,10-11H,6,8-9H2,1-3H3,(H3,17,18,21). The number of urea groups is 1. The Morgan fingerprint density at radius 3 is 2.71 bits per heavy atom. The summed E-state index contributed by atoms with van der Waals surface area (Å²) in [6, 6.07) is 5.38. The van der Waals surface area contributed by atoms with Crippen molar-refractivity contribution in [3.8, 4) is 0 Å². The number of nitrogens with zero attached hydrogens (tertiary/aromatic N) is 1. The number of carbonyl (C=O) groups excluding carboxylic acids is 2. The van der Waals surface area contributed by atoms with Crippen LogP contribution in [0.15, 0.2) is 18.2 Å². The van der Waals surface area contributed by atoms with Crippen molar-refractivity contribution in [3.63, 3.8) is 0 Å². The van der Waals surface area contributed by atoms with Gasteiger partial charge in [0.2, 0.25) is 0 Å². The molecule has 1 aromatic rings. The molecule has 1 unspecified atom stereocenters. The smallest absolute Gasteiger partial charge is 0.312 e. The minimum atomic E-state index is -0.543. The first kappa shape index (κ1) is 15.4. The molecule has 1 aliphatic heterocycles. The van der Waals surface area contributed by atoms with Crippen LogP contribution in [0.3, 0.4) is 0 Å². The van der Waals surface area contributed by atoms with Crippen molar-refractivity contribution in [1.82, 2.24) is 10.2 Å².